The molecule has 0 aromatic heterocycles. The van der Waals surface area contributed by atoms with Gasteiger partial charge in [0.05, 0.1) is 6.61 Å². The molecule has 5 nitrogen and oxygen atoms in total. The topological polar surface area (TPSA) is 76.0 Å². The quantitative estimate of drug-likeness (QED) is 0.400. The Kier molecular flexibility index (Phi) is 4.10. The number of nitrogens with zero attached hydrogens (tertiary/aromatic N) is 1. The van der Waals surface area contributed by atoms with E-state index < -0.39 is 17.4 Å². The van der Waals surface area contributed by atoms with E-state index in [-0.39, 0.29) is 6.61 Å². The maximum atomic E-state index is 11.6. The number of fused-ring (bicyclic) bond motifs is 1. The zero-order valence-corrected chi connectivity index (χ0v) is 10.9. The highest BCUT2D eigenvalue weighted by Crippen LogP contribution is 2.26. The van der Waals surface area contributed by atoms with Gasteiger partial charge in [-0.15, -0.1) is 4.91 Å². The van der Waals surface area contributed by atoms with Gasteiger partial charge in [-0.25, -0.2) is 4.79 Å². The van der Waals surface area contributed by atoms with Crippen molar-refractivity contribution in [3.8, 4) is 0 Å². The number of aliphatic hydroxyl groups excluding tert-OH is 1. The lowest BCUT2D eigenvalue weighted by Crippen LogP contribution is -2.08. The molecule has 0 bridgehead atoms. The lowest BCUT2D eigenvalue weighted by atomic mass is 10.0. The summed E-state index contributed by atoms with van der Waals surface area (Å²) in [6.45, 7) is 1.70. The molecule has 5 heteroatoms. The molecule has 2 aromatic carbocycles. The maximum absolute atomic E-state index is 11.6. The van der Waals surface area contributed by atoms with Crippen LogP contribution in [0.2, 0.25) is 0 Å². The molecule has 0 aliphatic heterocycles. The Hall–Kier alpha value is -2.69. The van der Waals surface area contributed by atoms with E-state index in [2.05, 4.69) is 5.18 Å². The van der Waals surface area contributed by atoms with E-state index in [9.17, 15) is 14.8 Å². The SMILES string of the molecule is CCOC(=O)/C(N=O)=C(\O)c1cccc2ccccc12. The van der Waals surface area contributed by atoms with E-state index in [1.807, 2.05) is 18.2 Å². The first-order chi connectivity index (χ1) is 9.69. The second kappa shape index (κ2) is 5.97. The van der Waals surface area contributed by atoms with Gasteiger partial charge in [-0.1, -0.05) is 42.5 Å². The second-order valence-electron chi connectivity index (χ2n) is 4.04. The maximum Gasteiger partial charge on any atom is 0.364 e. The fourth-order valence-electron chi connectivity index (χ4n) is 1.94. The third-order valence-electron chi connectivity index (χ3n) is 2.83. The van der Waals surface area contributed by atoms with Crippen molar-refractivity contribution in [3.63, 3.8) is 0 Å². The van der Waals surface area contributed by atoms with Crippen LogP contribution < -0.4 is 0 Å². The van der Waals surface area contributed by atoms with Gasteiger partial charge in [0, 0.05) is 5.56 Å². The summed E-state index contributed by atoms with van der Waals surface area (Å²) in [5.41, 5.74) is -0.256. The summed E-state index contributed by atoms with van der Waals surface area (Å²) in [6.07, 6.45) is 0. The largest absolute Gasteiger partial charge is 0.505 e. The Morgan fingerprint density at radius 2 is 1.90 bits per heavy atom. The van der Waals surface area contributed by atoms with E-state index >= 15 is 0 Å². The zero-order valence-electron chi connectivity index (χ0n) is 10.9. The Morgan fingerprint density at radius 3 is 2.60 bits per heavy atom. The minimum Gasteiger partial charge on any atom is -0.505 e. The normalized spacial score (nSPS) is 11.8. The molecule has 0 fully saturated rings. The van der Waals surface area contributed by atoms with Crippen molar-refractivity contribution in [1.29, 1.82) is 0 Å². The van der Waals surface area contributed by atoms with E-state index in [1.54, 1.807) is 31.2 Å². The number of esters is 1. The summed E-state index contributed by atoms with van der Waals surface area (Å²) in [4.78, 5) is 22.4. The Balaban J connectivity index is 2.62. The monoisotopic (exact) mass is 271 g/mol. The van der Waals surface area contributed by atoms with Gasteiger partial charge in [0.1, 0.15) is 0 Å². The first kappa shape index (κ1) is 13.7. The van der Waals surface area contributed by atoms with Crippen molar-refractivity contribution in [2.24, 2.45) is 5.18 Å². The van der Waals surface area contributed by atoms with Gasteiger partial charge in [0.25, 0.3) is 0 Å². The molecule has 0 aliphatic carbocycles. The van der Waals surface area contributed by atoms with Crippen LogP contribution in [0.5, 0.6) is 0 Å². The van der Waals surface area contributed by atoms with Crippen LogP contribution in [0.3, 0.4) is 0 Å². The van der Waals surface area contributed by atoms with E-state index in [4.69, 9.17) is 4.74 Å². The first-order valence-electron chi connectivity index (χ1n) is 6.11. The summed E-state index contributed by atoms with van der Waals surface area (Å²) in [7, 11) is 0. The number of nitroso groups, excluding NO2 is 1. The molecule has 0 unspecified atom stereocenters. The molecule has 102 valence electrons. The van der Waals surface area contributed by atoms with Gasteiger partial charge in [-0.3, -0.25) is 0 Å². The van der Waals surface area contributed by atoms with Crippen LogP contribution in [0.15, 0.2) is 53.3 Å². The predicted molar refractivity (Wildman–Crippen MR) is 75.9 cm³/mol. The predicted octanol–water partition coefficient (Wildman–Crippen LogP) is 3.40. The Labute approximate surface area is 115 Å². The van der Waals surface area contributed by atoms with Gasteiger partial charge in [0.2, 0.25) is 5.70 Å². The summed E-state index contributed by atoms with van der Waals surface area (Å²) >= 11 is 0. The molecule has 0 spiro atoms. The van der Waals surface area contributed by atoms with Crippen molar-refractivity contribution in [2.45, 2.75) is 6.92 Å². The number of rotatable bonds is 4. The molecule has 0 radical (unpaired) electrons. The van der Waals surface area contributed by atoms with Crippen LogP contribution in [0, 0.1) is 4.91 Å². The van der Waals surface area contributed by atoms with E-state index in [1.165, 1.54) is 0 Å². The van der Waals surface area contributed by atoms with Gasteiger partial charge in [-0.2, -0.15) is 0 Å². The summed E-state index contributed by atoms with van der Waals surface area (Å²) in [5.74, 6) is -1.41. The number of benzene rings is 2. The Morgan fingerprint density at radius 1 is 1.20 bits per heavy atom. The molecule has 20 heavy (non-hydrogen) atoms. The van der Waals surface area contributed by atoms with Crippen LogP contribution in [0.1, 0.15) is 12.5 Å². The minimum atomic E-state index is -0.937. The molecular weight excluding hydrogens is 258 g/mol. The molecule has 2 rings (SSSR count). The average molecular weight is 271 g/mol. The number of hydrogen-bond donors (Lipinski definition) is 1. The number of hydrogen-bond acceptors (Lipinski definition) is 5. The van der Waals surface area contributed by atoms with Crippen molar-refractivity contribution in [3.05, 3.63) is 58.6 Å². The van der Waals surface area contributed by atoms with E-state index in [0.717, 1.165) is 10.8 Å². The molecule has 0 saturated carbocycles. The van der Waals surface area contributed by atoms with E-state index in [0.29, 0.717) is 5.56 Å². The highest BCUT2D eigenvalue weighted by atomic mass is 16.5. The number of ether oxygens (including phenoxy) is 1. The molecule has 0 aliphatic rings. The van der Waals surface area contributed by atoms with Crippen molar-refractivity contribution >= 4 is 22.5 Å². The first-order valence-corrected chi connectivity index (χ1v) is 6.11. The average Bonchev–Trinajstić information content (AvgIpc) is 2.47. The smallest absolute Gasteiger partial charge is 0.364 e. The fraction of sp³-hybridized carbons (Fsp3) is 0.133. The van der Waals surface area contributed by atoms with Crippen LogP contribution in [-0.2, 0) is 9.53 Å². The van der Waals surface area contributed by atoms with Gasteiger partial charge < -0.3 is 9.84 Å². The number of carbonyl (C=O) groups excluding carboxylic acids is 1. The minimum absolute atomic E-state index is 0.0979. The third-order valence-corrected chi connectivity index (χ3v) is 2.83. The van der Waals surface area contributed by atoms with Crippen LogP contribution in [0.25, 0.3) is 16.5 Å². The fourth-order valence-corrected chi connectivity index (χ4v) is 1.94. The van der Waals surface area contributed by atoms with Crippen LogP contribution in [-0.4, -0.2) is 17.7 Å². The molecule has 0 heterocycles. The number of carbonyl (C=O) groups is 1. The molecule has 0 amide bonds. The van der Waals surface area contributed by atoms with Gasteiger partial charge in [0.15, 0.2) is 5.76 Å². The lowest BCUT2D eigenvalue weighted by Gasteiger charge is -2.07. The van der Waals surface area contributed by atoms with Gasteiger partial charge >= 0.3 is 5.97 Å². The molecule has 1 N–H and O–H groups in total. The number of aliphatic hydroxyl groups is 1. The van der Waals surface area contributed by atoms with Gasteiger partial charge in [-0.05, 0) is 22.9 Å². The van der Waals surface area contributed by atoms with Crippen molar-refractivity contribution in [2.75, 3.05) is 6.61 Å². The van der Waals surface area contributed by atoms with Crippen molar-refractivity contribution < 1.29 is 14.6 Å². The third kappa shape index (κ3) is 2.51. The summed E-state index contributed by atoms with van der Waals surface area (Å²) in [6, 6.07) is 12.5. The van der Waals surface area contributed by atoms with Crippen LogP contribution in [0.4, 0.5) is 0 Å². The lowest BCUT2D eigenvalue weighted by molar-refractivity contribution is -0.138. The highest BCUT2D eigenvalue weighted by Gasteiger charge is 2.20. The molecule has 0 atom stereocenters. The Bertz CT molecular complexity index is 686. The second-order valence-corrected chi connectivity index (χ2v) is 4.04. The van der Waals surface area contributed by atoms with Crippen molar-refractivity contribution in [1.82, 2.24) is 0 Å². The summed E-state index contributed by atoms with van der Waals surface area (Å²) < 4.78 is 4.70. The molecular formula is C15H13NO4. The highest BCUT2D eigenvalue weighted by molar-refractivity contribution is 6.00. The molecule has 2 aromatic rings. The summed E-state index contributed by atoms with van der Waals surface area (Å²) in [5, 5.41) is 14.4. The molecule has 0 saturated heterocycles. The van der Waals surface area contributed by atoms with Crippen LogP contribution >= 0.6 is 0 Å². The standard InChI is InChI=1S/C15H13NO4/c1-2-20-15(18)13(16-19)14(17)12-9-5-7-10-6-3-4-8-11(10)12/h3-9,17H,2H2,1H3/b14-13+. The zero-order chi connectivity index (χ0) is 14.5.